The number of aliphatic hydroxyl groups excluding tert-OH is 3. The van der Waals surface area contributed by atoms with Gasteiger partial charge in [-0.25, -0.2) is 4.79 Å². The predicted octanol–water partition coefficient (Wildman–Crippen LogP) is -2.25. The zero-order chi connectivity index (χ0) is 13.4. The number of hydrogen-bond donors (Lipinski definition) is 4. The smallest absolute Gasteiger partial charge is 0.330 e. The molecule has 9 heteroatoms. The van der Waals surface area contributed by atoms with Crippen LogP contribution in [0.4, 0.5) is 0 Å². The van der Waals surface area contributed by atoms with Gasteiger partial charge in [-0.15, -0.1) is 0 Å². The summed E-state index contributed by atoms with van der Waals surface area (Å²) in [6.07, 6.45) is -3.54. The summed E-state index contributed by atoms with van der Waals surface area (Å²) in [5.74, 6) is 0. The van der Waals surface area contributed by atoms with Crippen molar-refractivity contribution >= 4 is 22.6 Å². The third-order valence-electron chi connectivity index (χ3n) is 2.72. The summed E-state index contributed by atoms with van der Waals surface area (Å²) in [6, 6.07) is 0. The Kier molecular flexibility index (Phi) is 3.87. The van der Waals surface area contributed by atoms with E-state index in [1.807, 2.05) is 0 Å². The van der Waals surface area contributed by atoms with Gasteiger partial charge in [0, 0.05) is 6.20 Å². The lowest BCUT2D eigenvalue weighted by Gasteiger charge is -2.17. The highest BCUT2D eigenvalue weighted by molar-refractivity contribution is 14.1. The van der Waals surface area contributed by atoms with Crippen LogP contribution in [0.3, 0.4) is 0 Å². The molecule has 0 spiro atoms. The molecule has 8 nitrogen and oxygen atoms in total. The van der Waals surface area contributed by atoms with Crippen LogP contribution in [0.2, 0.25) is 0 Å². The van der Waals surface area contributed by atoms with Gasteiger partial charge in [0.25, 0.3) is 5.56 Å². The van der Waals surface area contributed by atoms with Crippen molar-refractivity contribution in [3.8, 4) is 0 Å². The van der Waals surface area contributed by atoms with Gasteiger partial charge in [0.2, 0.25) is 0 Å². The van der Waals surface area contributed by atoms with Crippen molar-refractivity contribution in [2.24, 2.45) is 0 Å². The average Bonchev–Trinajstić information content (AvgIpc) is 2.61. The number of ether oxygens (including phenoxy) is 1. The second kappa shape index (κ2) is 5.09. The number of hydrogen-bond acceptors (Lipinski definition) is 6. The van der Waals surface area contributed by atoms with E-state index in [9.17, 15) is 19.8 Å². The summed E-state index contributed by atoms with van der Waals surface area (Å²) < 4.78 is 6.40. The van der Waals surface area contributed by atoms with Gasteiger partial charge in [-0.3, -0.25) is 14.3 Å². The lowest BCUT2D eigenvalue weighted by molar-refractivity contribution is -0.0551. The van der Waals surface area contributed by atoms with E-state index < -0.39 is 42.4 Å². The molecule has 1 saturated heterocycles. The Morgan fingerprint density at radius 3 is 2.61 bits per heavy atom. The molecule has 0 radical (unpaired) electrons. The van der Waals surface area contributed by atoms with Gasteiger partial charge in [0.1, 0.15) is 18.3 Å². The van der Waals surface area contributed by atoms with E-state index in [-0.39, 0.29) is 3.57 Å². The molecule has 1 unspecified atom stereocenters. The molecule has 0 saturated carbocycles. The predicted molar refractivity (Wildman–Crippen MR) is 67.0 cm³/mol. The molecule has 4 atom stereocenters. The van der Waals surface area contributed by atoms with Crippen molar-refractivity contribution in [1.82, 2.24) is 9.55 Å². The quantitative estimate of drug-likeness (QED) is 0.436. The summed E-state index contributed by atoms with van der Waals surface area (Å²) in [4.78, 5) is 24.9. The lowest BCUT2D eigenvalue weighted by atomic mass is 10.1. The Morgan fingerprint density at radius 2 is 2.06 bits per heavy atom. The van der Waals surface area contributed by atoms with Crippen molar-refractivity contribution in [2.75, 3.05) is 6.61 Å². The van der Waals surface area contributed by atoms with Crippen molar-refractivity contribution in [1.29, 1.82) is 0 Å². The molecule has 1 aliphatic heterocycles. The number of halogens is 1. The van der Waals surface area contributed by atoms with E-state index in [1.165, 1.54) is 6.20 Å². The number of rotatable bonds is 2. The van der Waals surface area contributed by atoms with Crippen LogP contribution in [0, 0.1) is 3.57 Å². The van der Waals surface area contributed by atoms with Crippen molar-refractivity contribution in [3.05, 3.63) is 30.6 Å². The molecule has 2 heterocycles. The van der Waals surface area contributed by atoms with E-state index >= 15 is 0 Å². The number of aliphatic hydroxyl groups is 3. The summed E-state index contributed by atoms with van der Waals surface area (Å²) in [6.45, 7) is -0.482. The minimum atomic E-state index is -1.36. The highest BCUT2D eigenvalue weighted by Crippen LogP contribution is 2.27. The van der Waals surface area contributed by atoms with Crippen molar-refractivity contribution in [2.45, 2.75) is 24.5 Å². The molecule has 4 N–H and O–H groups in total. The maximum atomic E-state index is 11.6. The second-order valence-electron chi connectivity index (χ2n) is 3.87. The van der Waals surface area contributed by atoms with Crippen LogP contribution in [0.5, 0.6) is 0 Å². The molecule has 2 rings (SSSR count). The van der Waals surface area contributed by atoms with E-state index in [1.54, 1.807) is 22.6 Å². The highest BCUT2D eigenvalue weighted by atomic mass is 127. The fraction of sp³-hybridized carbons (Fsp3) is 0.556. The summed E-state index contributed by atoms with van der Waals surface area (Å²) in [5, 5.41) is 28.3. The molecule has 1 aromatic heterocycles. The monoisotopic (exact) mass is 370 g/mol. The number of H-pyrrole nitrogens is 1. The van der Waals surface area contributed by atoms with Crippen LogP contribution < -0.4 is 11.2 Å². The summed E-state index contributed by atoms with van der Waals surface area (Å²) in [7, 11) is 0. The number of nitrogens with one attached hydrogen (secondary N) is 1. The Labute approximate surface area is 114 Å². The zero-order valence-corrected chi connectivity index (χ0v) is 11.1. The summed E-state index contributed by atoms with van der Waals surface area (Å²) in [5.41, 5.74) is -1.29. The Bertz CT molecular complexity index is 555. The Balaban J connectivity index is 2.42. The van der Waals surface area contributed by atoms with Crippen LogP contribution in [-0.4, -0.2) is 49.8 Å². The SMILES string of the molecule is O=c1[nH]c(=O)n([C@@H]2O[C@H](CO)C(O)[C@H]2O)cc1I. The van der Waals surface area contributed by atoms with Gasteiger partial charge in [-0.05, 0) is 22.6 Å². The first kappa shape index (κ1) is 13.7. The Morgan fingerprint density at radius 1 is 1.39 bits per heavy atom. The van der Waals surface area contributed by atoms with E-state index in [0.29, 0.717) is 0 Å². The average molecular weight is 370 g/mol. The first-order valence-corrected chi connectivity index (χ1v) is 6.17. The molecule has 18 heavy (non-hydrogen) atoms. The van der Waals surface area contributed by atoms with Gasteiger partial charge in [-0.2, -0.15) is 0 Å². The molecule has 0 aromatic carbocycles. The molecule has 1 fully saturated rings. The van der Waals surface area contributed by atoms with Crippen LogP contribution in [0.25, 0.3) is 0 Å². The third-order valence-corrected chi connectivity index (χ3v) is 3.48. The minimum Gasteiger partial charge on any atom is -0.394 e. The molecule has 100 valence electrons. The molecule has 1 aliphatic rings. The van der Waals surface area contributed by atoms with Crippen molar-refractivity contribution < 1.29 is 20.1 Å². The van der Waals surface area contributed by atoms with E-state index in [0.717, 1.165) is 4.57 Å². The topological polar surface area (TPSA) is 125 Å². The Hall–Kier alpha value is -0.750. The van der Waals surface area contributed by atoms with Crippen LogP contribution in [0.15, 0.2) is 15.8 Å². The van der Waals surface area contributed by atoms with E-state index in [2.05, 4.69) is 4.98 Å². The number of aromatic nitrogens is 2. The number of aromatic amines is 1. The maximum absolute atomic E-state index is 11.6. The molecule has 0 aliphatic carbocycles. The fourth-order valence-corrected chi connectivity index (χ4v) is 2.19. The highest BCUT2D eigenvalue weighted by Gasteiger charge is 2.43. The molecule has 1 aromatic rings. The molecule has 0 amide bonds. The maximum Gasteiger partial charge on any atom is 0.330 e. The lowest BCUT2D eigenvalue weighted by Crippen LogP contribution is -2.38. The molecular formula is C9H11IN2O6. The van der Waals surface area contributed by atoms with Gasteiger partial charge in [0.15, 0.2) is 6.23 Å². The summed E-state index contributed by atoms with van der Waals surface area (Å²) >= 11 is 1.73. The van der Waals surface area contributed by atoms with E-state index in [4.69, 9.17) is 9.84 Å². The van der Waals surface area contributed by atoms with Gasteiger partial charge < -0.3 is 20.1 Å². The molecule has 0 bridgehead atoms. The third kappa shape index (κ3) is 2.23. The first-order valence-electron chi connectivity index (χ1n) is 5.09. The van der Waals surface area contributed by atoms with Gasteiger partial charge in [0.05, 0.1) is 10.2 Å². The minimum absolute atomic E-state index is 0.241. The van der Waals surface area contributed by atoms with Gasteiger partial charge >= 0.3 is 5.69 Å². The fourth-order valence-electron chi connectivity index (χ4n) is 1.76. The largest absolute Gasteiger partial charge is 0.394 e. The van der Waals surface area contributed by atoms with Gasteiger partial charge in [-0.1, -0.05) is 0 Å². The standard InChI is InChI=1S/C9H11IN2O6/c10-3-1-12(9(17)11-7(3)16)8-6(15)5(14)4(2-13)18-8/h1,4-6,8,13-15H,2H2,(H,11,16,17)/t4-,5?,6-,8-/m1/s1. The second-order valence-corrected chi connectivity index (χ2v) is 5.03. The zero-order valence-electron chi connectivity index (χ0n) is 8.99. The molecular weight excluding hydrogens is 359 g/mol. The normalized spacial score (nSPS) is 31.8. The van der Waals surface area contributed by atoms with Crippen LogP contribution in [-0.2, 0) is 4.74 Å². The first-order chi connectivity index (χ1) is 8.45. The van der Waals surface area contributed by atoms with Crippen LogP contribution >= 0.6 is 22.6 Å². The van der Waals surface area contributed by atoms with Crippen LogP contribution in [0.1, 0.15) is 6.23 Å². The van der Waals surface area contributed by atoms with Crippen molar-refractivity contribution in [3.63, 3.8) is 0 Å². The number of nitrogens with zero attached hydrogens (tertiary/aromatic N) is 1.